The van der Waals surface area contributed by atoms with Crippen LogP contribution in [0.5, 0.6) is 0 Å². The van der Waals surface area contributed by atoms with E-state index in [-0.39, 0.29) is 52.9 Å². The summed E-state index contributed by atoms with van der Waals surface area (Å²) < 4.78 is 0. The van der Waals surface area contributed by atoms with Crippen molar-refractivity contribution >= 4 is 11.8 Å². The van der Waals surface area contributed by atoms with Gasteiger partial charge in [-0.25, -0.2) is 0 Å². The molecule has 0 bridgehead atoms. The number of amides is 2. The largest absolute Gasteiger partial charge is 0.392 e. The zero-order valence-electron chi connectivity index (χ0n) is 18.5. The van der Waals surface area contributed by atoms with Crippen LogP contribution < -0.4 is 5.32 Å². The van der Waals surface area contributed by atoms with Gasteiger partial charge in [0.1, 0.15) is 0 Å². The Bertz CT molecular complexity index is 628. The molecule has 5 nitrogen and oxygen atoms in total. The number of aliphatic hydroxyl groups excluding tert-OH is 1. The first-order valence-electron chi connectivity index (χ1n) is 12.1. The lowest BCUT2D eigenvalue weighted by atomic mass is 9.51. The fourth-order valence-electron chi connectivity index (χ4n) is 6.73. The molecule has 4 rings (SSSR count). The van der Waals surface area contributed by atoms with Crippen LogP contribution in [0, 0.1) is 35.0 Å². The van der Waals surface area contributed by atoms with E-state index in [0.29, 0.717) is 0 Å². The maximum Gasteiger partial charge on any atom is 0.225 e. The van der Waals surface area contributed by atoms with Crippen LogP contribution in [-0.2, 0) is 9.59 Å². The zero-order valence-corrected chi connectivity index (χ0v) is 18.5. The molecule has 0 unspecified atom stereocenters. The van der Waals surface area contributed by atoms with Crippen molar-refractivity contribution in [3.8, 4) is 0 Å². The second-order valence-electron chi connectivity index (χ2n) is 10.8. The van der Waals surface area contributed by atoms with Crippen molar-refractivity contribution in [2.45, 2.75) is 90.7 Å². The Balaban J connectivity index is 1.46. The van der Waals surface area contributed by atoms with Gasteiger partial charge in [-0.3, -0.25) is 9.59 Å². The number of carbonyl (C=O) groups is 2. The number of nitrogens with zero attached hydrogens (tertiary/aromatic N) is 1. The summed E-state index contributed by atoms with van der Waals surface area (Å²) in [5, 5.41) is 14.8. The van der Waals surface area contributed by atoms with E-state index in [2.05, 4.69) is 19.2 Å². The first-order valence-corrected chi connectivity index (χ1v) is 12.1. The van der Waals surface area contributed by atoms with Crippen molar-refractivity contribution in [1.29, 1.82) is 0 Å². The first-order chi connectivity index (χ1) is 13.8. The number of aliphatic hydroxyl groups is 1. The molecule has 3 aliphatic carbocycles. The number of likely N-dealkylation sites (tertiary alicyclic amines) is 1. The van der Waals surface area contributed by atoms with E-state index < -0.39 is 6.10 Å². The van der Waals surface area contributed by atoms with Gasteiger partial charge in [0.2, 0.25) is 11.8 Å². The molecule has 4 fully saturated rings. The predicted octanol–water partition coefficient (Wildman–Crippen LogP) is 3.35. The minimum atomic E-state index is -0.465. The smallest absolute Gasteiger partial charge is 0.225 e. The third-order valence-corrected chi connectivity index (χ3v) is 8.86. The molecular formula is C24H40N2O3. The highest BCUT2D eigenvalue weighted by atomic mass is 16.3. The maximum absolute atomic E-state index is 13.1. The summed E-state index contributed by atoms with van der Waals surface area (Å²) in [6.45, 7) is 8.32. The van der Waals surface area contributed by atoms with Crippen LogP contribution in [0.4, 0.5) is 0 Å². The van der Waals surface area contributed by atoms with E-state index in [1.54, 1.807) is 0 Å². The van der Waals surface area contributed by atoms with Crippen molar-refractivity contribution in [2.24, 2.45) is 35.0 Å². The summed E-state index contributed by atoms with van der Waals surface area (Å²) in [5.74, 6) is 0.967. The average molecular weight is 405 g/mol. The molecule has 0 aromatic carbocycles. The molecule has 0 aromatic rings. The van der Waals surface area contributed by atoms with Gasteiger partial charge >= 0.3 is 0 Å². The van der Waals surface area contributed by atoms with E-state index in [1.165, 1.54) is 6.42 Å². The Kier molecular flexibility index (Phi) is 5.98. The summed E-state index contributed by atoms with van der Waals surface area (Å²) in [7, 11) is 0. The highest BCUT2D eigenvalue weighted by Gasteiger charge is 2.54. The number of piperidine rings is 1. The summed E-state index contributed by atoms with van der Waals surface area (Å²) in [6, 6.07) is 0.155. The molecule has 1 aliphatic heterocycles. The van der Waals surface area contributed by atoms with Crippen molar-refractivity contribution < 1.29 is 14.7 Å². The highest BCUT2D eigenvalue weighted by molar-refractivity contribution is 5.81. The highest BCUT2D eigenvalue weighted by Crippen LogP contribution is 2.55. The predicted molar refractivity (Wildman–Crippen MR) is 113 cm³/mol. The number of nitrogens with one attached hydrogen (secondary N) is 1. The molecule has 7 atom stereocenters. The Morgan fingerprint density at radius 2 is 1.72 bits per heavy atom. The molecule has 3 saturated carbocycles. The minimum absolute atomic E-state index is 0.0304. The Morgan fingerprint density at radius 3 is 2.38 bits per heavy atom. The molecule has 0 spiro atoms. The number of carbonyl (C=O) groups excluding carboxylic acids is 2. The number of rotatable bonds is 4. The minimum Gasteiger partial charge on any atom is -0.392 e. The standard InChI is InChI=1S/C24H40N2O3/c1-15(23(29)26-13-5-4-6-14-26)18-9-11-24(3)12-10-19(16(2)20(24)21(18)27)25-22(28)17-7-8-17/h15-21,27H,4-14H2,1-3H3,(H,25,28)/t15-,16+,18+,19-,20+,21-,24-/m0/s1. The molecule has 0 aromatic heterocycles. The van der Waals surface area contributed by atoms with Crippen molar-refractivity contribution in [2.75, 3.05) is 13.1 Å². The average Bonchev–Trinajstić information content (AvgIpc) is 3.55. The Labute approximate surface area is 176 Å². The molecule has 2 N–H and O–H groups in total. The van der Waals surface area contributed by atoms with Gasteiger partial charge in [-0.2, -0.15) is 0 Å². The SMILES string of the molecule is C[C@H]1[C@@H]2[C@@H](O)[C@@H]([C@H](C)C(=O)N3CCCCC3)CC[C@@]2(C)CC[C@@H]1NC(=O)C1CC1. The third-order valence-electron chi connectivity index (χ3n) is 8.86. The zero-order chi connectivity index (χ0) is 20.8. The van der Waals surface area contributed by atoms with Crippen LogP contribution in [0.2, 0.25) is 0 Å². The molecule has 164 valence electrons. The van der Waals surface area contributed by atoms with Crippen LogP contribution in [-0.4, -0.2) is 47.1 Å². The van der Waals surface area contributed by atoms with E-state index in [4.69, 9.17) is 0 Å². The van der Waals surface area contributed by atoms with E-state index in [1.807, 2.05) is 11.8 Å². The van der Waals surface area contributed by atoms with Gasteiger partial charge in [0.15, 0.2) is 0 Å². The quantitative estimate of drug-likeness (QED) is 0.755. The maximum atomic E-state index is 13.1. The normalized spacial score (nSPS) is 41.4. The van der Waals surface area contributed by atoms with Crippen molar-refractivity contribution in [3.05, 3.63) is 0 Å². The van der Waals surface area contributed by atoms with Crippen LogP contribution in [0.3, 0.4) is 0 Å². The monoisotopic (exact) mass is 404 g/mol. The first kappa shape index (κ1) is 21.1. The Morgan fingerprint density at radius 1 is 1.07 bits per heavy atom. The second kappa shape index (κ2) is 8.20. The lowest BCUT2D eigenvalue weighted by molar-refractivity contribution is -0.151. The summed E-state index contributed by atoms with van der Waals surface area (Å²) >= 11 is 0. The van der Waals surface area contributed by atoms with Crippen molar-refractivity contribution in [3.63, 3.8) is 0 Å². The second-order valence-corrected chi connectivity index (χ2v) is 10.8. The Hall–Kier alpha value is -1.10. The van der Waals surface area contributed by atoms with Gasteiger partial charge < -0.3 is 15.3 Å². The molecule has 5 heteroatoms. The fourth-order valence-corrected chi connectivity index (χ4v) is 6.73. The van der Waals surface area contributed by atoms with Crippen molar-refractivity contribution in [1.82, 2.24) is 10.2 Å². The van der Waals surface area contributed by atoms with Crippen LogP contribution in [0.25, 0.3) is 0 Å². The van der Waals surface area contributed by atoms with Gasteiger partial charge in [0.25, 0.3) is 0 Å². The molecule has 29 heavy (non-hydrogen) atoms. The molecule has 4 aliphatic rings. The summed E-state index contributed by atoms with van der Waals surface area (Å²) in [6.07, 6.45) is 9.07. The molecule has 1 heterocycles. The number of hydrogen-bond donors (Lipinski definition) is 2. The topological polar surface area (TPSA) is 69.6 Å². The molecular weight excluding hydrogens is 364 g/mol. The van der Waals surface area contributed by atoms with Gasteiger partial charge in [0.05, 0.1) is 6.10 Å². The third kappa shape index (κ3) is 4.08. The van der Waals surface area contributed by atoms with Gasteiger partial charge in [0, 0.05) is 31.0 Å². The van der Waals surface area contributed by atoms with Gasteiger partial charge in [-0.15, -0.1) is 0 Å². The van der Waals surface area contributed by atoms with Crippen LogP contribution in [0.15, 0.2) is 0 Å². The van der Waals surface area contributed by atoms with E-state index in [0.717, 1.165) is 64.5 Å². The lowest BCUT2D eigenvalue weighted by Gasteiger charge is -2.56. The summed E-state index contributed by atoms with van der Waals surface area (Å²) in [5.41, 5.74) is 0.115. The van der Waals surface area contributed by atoms with E-state index >= 15 is 0 Å². The fraction of sp³-hybridized carbons (Fsp3) is 0.917. The number of fused-ring (bicyclic) bond motifs is 1. The molecule has 1 saturated heterocycles. The van der Waals surface area contributed by atoms with Crippen LogP contribution in [0.1, 0.15) is 78.6 Å². The molecule has 2 amide bonds. The van der Waals surface area contributed by atoms with Gasteiger partial charge in [-0.05, 0) is 81.0 Å². The van der Waals surface area contributed by atoms with Gasteiger partial charge in [-0.1, -0.05) is 20.8 Å². The van der Waals surface area contributed by atoms with Crippen LogP contribution >= 0.6 is 0 Å². The van der Waals surface area contributed by atoms with E-state index in [9.17, 15) is 14.7 Å². The summed E-state index contributed by atoms with van der Waals surface area (Å²) in [4.78, 5) is 27.5. The lowest BCUT2D eigenvalue weighted by Crippen LogP contribution is -2.59. The molecule has 0 radical (unpaired) electrons. The number of hydrogen-bond acceptors (Lipinski definition) is 3.